The second kappa shape index (κ2) is 6.07. The summed E-state index contributed by atoms with van der Waals surface area (Å²) in [6.45, 7) is 0. The lowest BCUT2D eigenvalue weighted by Gasteiger charge is -2.18. The van der Waals surface area contributed by atoms with E-state index in [-0.39, 0.29) is 16.3 Å². The van der Waals surface area contributed by atoms with Crippen LogP contribution in [0.15, 0.2) is 53.6 Å². The summed E-state index contributed by atoms with van der Waals surface area (Å²) >= 11 is 12.1. The van der Waals surface area contributed by atoms with Crippen molar-refractivity contribution in [1.29, 1.82) is 0 Å². The summed E-state index contributed by atoms with van der Waals surface area (Å²) in [6, 6.07) is 13.5. The molecule has 23 heavy (non-hydrogen) atoms. The summed E-state index contributed by atoms with van der Waals surface area (Å²) in [6.07, 6.45) is 0. The second-order valence-electron chi connectivity index (χ2n) is 4.82. The molecule has 2 aromatic rings. The van der Waals surface area contributed by atoms with Crippen molar-refractivity contribution in [1.82, 2.24) is 0 Å². The van der Waals surface area contributed by atoms with Crippen LogP contribution in [-0.2, 0) is 9.59 Å². The molecule has 0 aliphatic carbocycles. The molecule has 1 aliphatic rings. The van der Waals surface area contributed by atoms with E-state index in [2.05, 4.69) is 0 Å². The van der Waals surface area contributed by atoms with Gasteiger partial charge in [-0.3, -0.25) is 9.59 Å². The maximum absolute atomic E-state index is 12.8. The topological polar surface area (TPSA) is 46.6 Å². The zero-order chi connectivity index (χ0) is 16.6. The third-order valence-electron chi connectivity index (χ3n) is 3.47. The Morgan fingerprint density at radius 1 is 0.957 bits per heavy atom. The first-order valence-corrected chi connectivity index (χ1v) is 7.47. The van der Waals surface area contributed by atoms with Crippen molar-refractivity contribution in [2.24, 2.45) is 0 Å². The molecule has 0 spiro atoms. The quantitative estimate of drug-likeness (QED) is 0.791. The van der Waals surface area contributed by atoms with Crippen molar-refractivity contribution in [3.8, 4) is 5.75 Å². The van der Waals surface area contributed by atoms with E-state index in [1.807, 2.05) is 6.07 Å². The van der Waals surface area contributed by atoms with E-state index in [9.17, 15) is 9.59 Å². The number of hydrogen-bond donors (Lipinski definition) is 0. The Morgan fingerprint density at radius 3 is 2.30 bits per heavy atom. The van der Waals surface area contributed by atoms with Gasteiger partial charge >= 0.3 is 0 Å². The lowest BCUT2D eigenvalue weighted by molar-refractivity contribution is -0.119. The lowest BCUT2D eigenvalue weighted by atomic mass is 10.1. The SMILES string of the molecule is COc1ccc(Cl)cc1N1C(=O)C(Cl)=C(c2ccccc2)C1=O. The average Bonchev–Trinajstić information content (AvgIpc) is 2.78. The smallest absolute Gasteiger partial charge is 0.277 e. The van der Waals surface area contributed by atoms with Gasteiger partial charge in [0.05, 0.1) is 18.4 Å². The van der Waals surface area contributed by atoms with E-state index < -0.39 is 11.8 Å². The van der Waals surface area contributed by atoms with Crippen LogP contribution >= 0.6 is 23.2 Å². The highest BCUT2D eigenvalue weighted by atomic mass is 35.5. The van der Waals surface area contributed by atoms with Crippen molar-refractivity contribution >= 4 is 46.3 Å². The minimum absolute atomic E-state index is 0.122. The van der Waals surface area contributed by atoms with Crippen LogP contribution in [0.25, 0.3) is 5.57 Å². The molecule has 2 amide bonds. The fourth-order valence-corrected chi connectivity index (χ4v) is 2.86. The maximum atomic E-state index is 12.8. The van der Waals surface area contributed by atoms with Crippen LogP contribution in [0.4, 0.5) is 5.69 Å². The lowest BCUT2D eigenvalue weighted by Crippen LogP contribution is -2.31. The van der Waals surface area contributed by atoms with Crippen LogP contribution in [0.2, 0.25) is 5.02 Å². The van der Waals surface area contributed by atoms with Crippen LogP contribution < -0.4 is 9.64 Å². The Morgan fingerprint density at radius 2 is 1.65 bits per heavy atom. The number of carbonyl (C=O) groups is 2. The van der Waals surface area contributed by atoms with E-state index in [1.165, 1.54) is 13.2 Å². The largest absolute Gasteiger partial charge is 0.495 e. The summed E-state index contributed by atoms with van der Waals surface area (Å²) in [5, 5.41) is 0.258. The Hall–Kier alpha value is -2.30. The Balaban J connectivity index is 2.11. The molecule has 6 heteroatoms. The molecule has 0 atom stereocenters. The Labute approximate surface area is 142 Å². The van der Waals surface area contributed by atoms with Gasteiger partial charge in [0.2, 0.25) is 0 Å². The minimum Gasteiger partial charge on any atom is -0.495 e. The van der Waals surface area contributed by atoms with Gasteiger partial charge in [0, 0.05) is 5.02 Å². The van der Waals surface area contributed by atoms with Gasteiger partial charge in [0.15, 0.2) is 0 Å². The van der Waals surface area contributed by atoms with Crippen LogP contribution in [0.3, 0.4) is 0 Å². The molecule has 0 saturated carbocycles. The molecular weight excluding hydrogens is 337 g/mol. The van der Waals surface area contributed by atoms with Crippen molar-refractivity contribution < 1.29 is 14.3 Å². The molecule has 3 rings (SSSR count). The monoisotopic (exact) mass is 347 g/mol. The normalized spacial score (nSPS) is 14.7. The minimum atomic E-state index is -0.601. The number of hydrogen-bond acceptors (Lipinski definition) is 3. The summed E-state index contributed by atoms with van der Waals surface area (Å²) < 4.78 is 5.22. The van der Waals surface area contributed by atoms with Gasteiger partial charge in [-0.2, -0.15) is 0 Å². The average molecular weight is 348 g/mol. The number of carbonyl (C=O) groups excluding carboxylic acids is 2. The Kier molecular flexibility index (Phi) is 4.11. The first-order valence-electron chi connectivity index (χ1n) is 6.72. The number of benzene rings is 2. The van der Waals surface area contributed by atoms with Gasteiger partial charge in [-0.15, -0.1) is 0 Å². The number of imide groups is 1. The molecule has 0 aromatic heterocycles. The fraction of sp³-hybridized carbons (Fsp3) is 0.0588. The van der Waals surface area contributed by atoms with E-state index in [4.69, 9.17) is 27.9 Å². The third-order valence-corrected chi connectivity index (χ3v) is 4.06. The highest BCUT2D eigenvalue weighted by molar-refractivity contribution is 6.60. The number of anilines is 1. The Bertz CT molecular complexity index is 831. The van der Waals surface area contributed by atoms with Gasteiger partial charge in [-0.05, 0) is 23.8 Å². The summed E-state index contributed by atoms with van der Waals surface area (Å²) in [5.74, 6) is -0.752. The molecule has 0 bridgehead atoms. The van der Waals surface area contributed by atoms with Crippen molar-refractivity contribution in [2.45, 2.75) is 0 Å². The zero-order valence-electron chi connectivity index (χ0n) is 12.0. The molecule has 1 heterocycles. The van der Waals surface area contributed by atoms with Gasteiger partial charge in [0.1, 0.15) is 10.8 Å². The first-order chi connectivity index (χ1) is 11.0. The van der Waals surface area contributed by atoms with E-state index in [0.717, 1.165) is 4.90 Å². The number of ether oxygens (including phenoxy) is 1. The molecule has 4 nitrogen and oxygen atoms in total. The molecule has 2 aromatic carbocycles. The molecule has 0 N–H and O–H groups in total. The number of methoxy groups -OCH3 is 1. The molecule has 0 fully saturated rings. The van der Waals surface area contributed by atoms with Gasteiger partial charge in [0.25, 0.3) is 11.8 Å². The number of amides is 2. The third kappa shape index (κ3) is 2.60. The molecule has 0 unspecified atom stereocenters. The van der Waals surface area contributed by atoms with Crippen LogP contribution in [0.5, 0.6) is 5.75 Å². The van der Waals surface area contributed by atoms with E-state index in [0.29, 0.717) is 16.3 Å². The number of rotatable bonds is 3. The highest BCUT2D eigenvalue weighted by Gasteiger charge is 2.40. The summed E-state index contributed by atoms with van der Waals surface area (Å²) in [4.78, 5) is 26.2. The van der Waals surface area contributed by atoms with Crippen molar-refractivity contribution in [3.05, 3.63) is 64.1 Å². The molecule has 1 aliphatic heterocycles. The summed E-state index contributed by atoms with van der Waals surface area (Å²) in [7, 11) is 1.45. The zero-order valence-corrected chi connectivity index (χ0v) is 13.6. The van der Waals surface area contributed by atoms with Gasteiger partial charge in [-0.25, -0.2) is 4.90 Å². The van der Waals surface area contributed by atoms with Crippen LogP contribution in [0.1, 0.15) is 5.56 Å². The molecule has 116 valence electrons. The van der Waals surface area contributed by atoms with E-state index >= 15 is 0 Å². The summed E-state index contributed by atoms with van der Waals surface area (Å²) in [5.41, 5.74) is 1.01. The molecule has 0 radical (unpaired) electrons. The first kappa shape index (κ1) is 15.6. The molecular formula is C17H11Cl2NO3. The van der Waals surface area contributed by atoms with Crippen molar-refractivity contribution in [3.63, 3.8) is 0 Å². The predicted molar refractivity (Wildman–Crippen MR) is 89.7 cm³/mol. The maximum Gasteiger partial charge on any atom is 0.277 e. The predicted octanol–water partition coefficient (Wildman–Crippen LogP) is 3.87. The van der Waals surface area contributed by atoms with Gasteiger partial charge < -0.3 is 4.74 Å². The number of nitrogens with zero attached hydrogens (tertiary/aromatic N) is 1. The molecule has 0 saturated heterocycles. The van der Waals surface area contributed by atoms with Crippen molar-refractivity contribution in [2.75, 3.05) is 12.0 Å². The standard InChI is InChI=1S/C17H11Cl2NO3/c1-23-13-8-7-11(18)9-12(13)20-16(21)14(15(19)17(20)22)10-5-3-2-4-6-10/h2-9H,1H3. The van der Waals surface area contributed by atoms with E-state index in [1.54, 1.807) is 36.4 Å². The highest BCUT2D eigenvalue weighted by Crippen LogP contribution is 2.39. The van der Waals surface area contributed by atoms with Crippen LogP contribution in [0, 0.1) is 0 Å². The number of halogens is 2. The van der Waals surface area contributed by atoms with Gasteiger partial charge in [-0.1, -0.05) is 53.5 Å². The fourth-order valence-electron chi connectivity index (χ4n) is 2.41. The van der Waals surface area contributed by atoms with Crippen LogP contribution in [-0.4, -0.2) is 18.9 Å². The second-order valence-corrected chi connectivity index (χ2v) is 5.63.